The summed E-state index contributed by atoms with van der Waals surface area (Å²) in [5, 5.41) is 14.1. The highest BCUT2D eigenvalue weighted by Crippen LogP contribution is 2.42. The Morgan fingerprint density at radius 1 is 1.22 bits per heavy atom. The highest BCUT2D eigenvalue weighted by Gasteiger charge is 2.47. The first-order valence-corrected chi connectivity index (χ1v) is 13.5. The Morgan fingerprint density at radius 3 is 2.68 bits per heavy atom. The second-order valence-corrected chi connectivity index (χ2v) is 11.3. The van der Waals surface area contributed by atoms with Crippen molar-refractivity contribution >= 4 is 52.4 Å². The number of piperidine rings is 1. The third kappa shape index (κ3) is 5.37. The van der Waals surface area contributed by atoms with Gasteiger partial charge in [0.05, 0.1) is 41.4 Å². The van der Waals surface area contributed by atoms with Crippen molar-refractivity contribution in [2.75, 3.05) is 29.9 Å². The molecule has 1 amide bonds. The Kier molecular flexibility index (Phi) is 7.51. The molecule has 11 heteroatoms. The summed E-state index contributed by atoms with van der Waals surface area (Å²) in [5.41, 5.74) is 6.96. The number of halogens is 2. The van der Waals surface area contributed by atoms with Gasteiger partial charge in [-0.25, -0.2) is 9.97 Å². The van der Waals surface area contributed by atoms with Crippen molar-refractivity contribution in [1.29, 1.82) is 0 Å². The summed E-state index contributed by atoms with van der Waals surface area (Å²) in [5.74, 6) is 0.140. The Bertz CT molecular complexity index is 1300. The summed E-state index contributed by atoms with van der Waals surface area (Å²) >= 11 is 13.9. The van der Waals surface area contributed by atoms with E-state index in [-0.39, 0.29) is 28.9 Å². The first-order chi connectivity index (χ1) is 17.8. The van der Waals surface area contributed by atoms with Crippen molar-refractivity contribution < 1.29 is 14.6 Å². The molecule has 4 N–H and O–H groups in total. The van der Waals surface area contributed by atoms with Gasteiger partial charge in [-0.1, -0.05) is 41.0 Å². The van der Waals surface area contributed by atoms with Crippen LogP contribution in [0.5, 0.6) is 5.75 Å². The Morgan fingerprint density at radius 2 is 2.00 bits per heavy atom. The molecule has 0 radical (unpaired) electrons. The van der Waals surface area contributed by atoms with Crippen LogP contribution >= 0.6 is 35.0 Å². The van der Waals surface area contributed by atoms with Gasteiger partial charge in [-0.15, -0.1) is 0 Å². The molecular formula is C26H27Cl2N5O3S. The number of nitrogens with two attached hydrogens (primary N) is 1. The van der Waals surface area contributed by atoms with Gasteiger partial charge in [0.1, 0.15) is 16.6 Å². The van der Waals surface area contributed by atoms with Crippen molar-refractivity contribution in [1.82, 2.24) is 9.97 Å². The summed E-state index contributed by atoms with van der Waals surface area (Å²) < 4.78 is 5.82. The highest BCUT2D eigenvalue weighted by molar-refractivity contribution is 7.99. The largest absolute Gasteiger partial charge is 0.507 e. The van der Waals surface area contributed by atoms with Crippen LogP contribution in [0.2, 0.25) is 10.0 Å². The molecule has 2 saturated heterocycles. The summed E-state index contributed by atoms with van der Waals surface area (Å²) in [6, 6.07) is 9.65. The van der Waals surface area contributed by atoms with Crippen LogP contribution < -0.4 is 16.0 Å². The molecule has 8 nitrogen and oxygen atoms in total. The average molecular weight is 561 g/mol. The van der Waals surface area contributed by atoms with Crippen molar-refractivity contribution in [2.24, 2.45) is 11.1 Å². The zero-order valence-corrected chi connectivity index (χ0v) is 22.5. The molecule has 3 heterocycles. The fourth-order valence-electron chi connectivity index (χ4n) is 4.86. The average Bonchev–Trinajstić information content (AvgIpc) is 3.17. The third-order valence-corrected chi connectivity index (χ3v) is 8.91. The van der Waals surface area contributed by atoms with E-state index in [4.69, 9.17) is 33.7 Å². The predicted octanol–water partition coefficient (Wildman–Crippen LogP) is 5.23. The smallest absolute Gasteiger partial charge is 0.259 e. The maximum Gasteiger partial charge on any atom is 0.259 e. The highest BCUT2D eigenvalue weighted by atomic mass is 35.5. The van der Waals surface area contributed by atoms with Gasteiger partial charge in [-0.3, -0.25) is 4.79 Å². The number of amides is 1. The van der Waals surface area contributed by atoms with E-state index in [9.17, 15) is 9.90 Å². The molecule has 2 fully saturated rings. The molecule has 2 aliphatic heterocycles. The van der Waals surface area contributed by atoms with Crippen molar-refractivity contribution in [3.05, 3.63) is 64.4 Å². The maximum atomic E-state index is 12.7. The number of benzene rings is 2. The normalized spacial score (nSPS) is 20.8. The standard InChI is InChI=1S/C26H27Cl2N5O3S/c1-15-24(29)26(14-36-15)7-9-33(10-8-26)21-12-31-22(13-30-21)37-20-4-2-3-18(23(20)28)32-25(35)17-11-16(27)5-6-19(17)34/h2-6,11-13,15,24,34H,7-10,14,29H2,1H3,(H,32,35)/t15-,24+/m0/s1. The molecule has 3 aromatic rings. The van der Waals surface area contributed by atoms with Gasteiger partial charge in [-0.05, 0) is 50.1 Å². The number of hydrogen-bond acceptors (Lipinski definition) is 8. The van der Waals surface area contributed by atoms with E-state index < -0.39 is 5.91 Å². The topological polar surface area (TPSA) is 114 Å². The molecule has 1 spiro atoms. The molecule has 0 aliphatic carbocycles. The van der Waals surface area contributed by atoms with Gasteiger partial charge in [0.2, 0.25) is 0 Å². The van der Waals surface area contributed by atoms with Gasteiger partial charge >= 0.3 is 0 Å². The lowest BCUT2D eigenvalue weighted by atomic mass is 9.73. The summed E-state index contributed by atoms with van der Waals surface area (Å²) in [6.45, 7) is 4.50. The number of rotatable bonds is 5. The fraction of sp³-hybridized carbons (Fsp3) is 0.346. The summed E-state index contributed by atoms with van der Waals surface area (Å²) in [6.07, 6.45) is 5.54. The van der Waals surface area contributed by atoms with Crippen LogP contribution in [0.15, 0.2) is 58.7 Å². The van der Waals surface area contributed by atoms with Gasteiger partial charge in [0.25, 0.3) is 5.91 Å². The second kappa shape index (κ2) is 10.7. The number of carbonyl (C=O) groups excluding carboxylic acids is 1. The van der Waals surface area contributed by atoms with E-state index in [2.05, 4.69) is 20.2 Å². The first kappa shape index (κ1) is 26.1. The zero-order chi connectivity index (χ0) is 26.2. The van der Waals surface area contributed by atoms with Gasteiger partial charge in [0, 0.05) is 34.5 Å². The Balaban J connectivity index is 1.24. The number of ether oxygens (including phenoxy) is 1. The maximum absolute atomic E-state index is 12.7. The van der Waals surface area contributed by atoms with Crippen molar-refractivity contribution in [3.63, 3.8) is 0 Å². The van der Waals surface area contributed by atoms with Gasteiger partial charge in [0.15, 0.2) is 0 Å². The van der Waals surface area contributed by atoms with E-state index >= 15 is 0 Å². The van der Waals surface area contributed by atoms with E-state index in [1.54, 1.807) is 24.5 Å². The predicted molar refractivity (Wildman–Crippen MR) is 146 cm³/mol. The van der Waals surface area contributed by atoms with Crippen LogP contribution in [-0.4, -0.2) is 52.8 Å². The number of phenols is 1. The van der Waals surface area contributed by atoms with Crippen LogP contribution in [0.25, 0.3) is 0 Å². The molecule has 0 bridgehead atoms. The number of aromatic nitrogens is 2. The molecule has 5 rings (SSSR count). The minimum absolute atomic E-state index is 0.0574. The first-order valence-electron chi connectivity index (χ1n) is 12.0. The Hall–Kier alpha value is -2.56. The van der Waals surface area contributed by atoms with E-state index in [0.717, 1.165) is 38.4 Å². The fourth-order valence-corrected chi connectivity index (χ4v) is 6.10. The van der Waals surface area contributed by atoms with Gasteiger partial charge < -0.3 is 25.8 Å². The SMILES string of the molecule is C[C@@H]1OCC2(CCN(c3cnc(Sc4cccc(NC(=O)c5cc(Cl)ccc5O)c4Cl)cn3)CC2)[C@@H]1N. The number of aromatic hydroxyl groups is 1. The number of hydrogen-bond donors (Lipinski definition) is 3. The minimum Gasteiger partial charge on any atom is -0.507 e. The molecule has 194 valence electrons. The van der Waals surface area contributed by atoms with E-state index in [0.29, 0.717) is 25.7 Å². The van der Waals surface area contributed by atoms with Crippen molar-refractivity contribution in [3.8, 4) is 5.75 Å². The van der Waals surface area contributed by atoms with Crippen LogP contribution in [0.1, 0.15) is 30.1 Å². The summed E-state index contributed by atoms with van der Waals surface area (Å²) in [7, 11) is 0. The molecule has 2 aliphatic rings. The number of nitrogens with zero attached hydrogens (tertiary/aromatic N) is 3. The molecule has 0 unspecified atom stereocenters. The van der Waals surface area contributed by atoms with Gasteiger partial charge in [-0.2, -0.15) is 0 Å². The summed E-state index contributed by atoms with van der Waals surface area (Å²) in [4.78, 5) is 24.8. The van der Waals surface area contributed by atoms with Crippen LogP contribution in [0.4, 0.5) is 11.5 Å². The number of nitrogens with one attached hydrogen (secondary N) is 1. The molecule has 2 aromatic carbocycles. The molecule has 2 atom stereocenters. The zero-order valence-electron chi connectivity index (χ0n) is 20.2. The lowest BCUT2D eigenvalue weighted by molar-refractivity contribution is 0.0974. The molecule has 0 saturated carbocycles. The quantitative estimate of drug-likeness (QED) is 0.389. The van der Waals surface area contributed by atoms with E-state index in [1.165, 1.54) is 30.0 Å². The van der Waals surface area contributed by atoms with Crippen LogP contribution in [0.3, 0.4) is 0 Å². The lowest BCUT2D eigenvalue weighted by Gasteiger charge is -2.41. The molecular weight excluding hydrogens is 533 g/mol. The molecule has 1 aromatic heterocycles. The third-order valence-electron chi connectivity index (χ3n) is 7.17. The number of anilines is 2. The molecule has 37 heavy (non-hydrogen) atoms. The number of carbonyl (C=O) groups is 1. The minimum atomic E-state index is -0.518. The lowest BCUT2D eigenvalue weighted by Crippen LogP contribution is -2.50. The van der Waals surface area contributed by atoms with Crippen LogP contribution in [-0.2, 0) is 4.74 Å². The number of phenolic OH excluding ortho intramolecular Hbond substituents is 1. The van der Waals surface area contributed by atoms with Crippen LogP contribution in [0, 0.1) is 5.41 Å². The van der Waals surface area contributed by atoms with Crippen molar-refractivity contribution in [2.45, 2.75) is 41.8 Å². The monoisotopic (exact) mass is 559 g/mol. The Labute approximate surface area is 229 Å². The van der Waals surface area contributed by atoms with E-state index in [1.807, 2.05) is 13.0 Å². The second-order valence-electron chi connectivity index (χ2n) is 9.44.